The van der Waals surface area contributed by atoms with Crippen molar-refractivity contribution in [1.82, 2.24) is 0 Å². The Bertz CT molecular complexity index is 376. The van der Waals surface area contributed by atoms with E-state index in [1.54, 1.807) is 0 Å². The number of unbranched alkanes of at least 4 members (excludes halogenated alkanes) is 2. The van der Waals surface area contributed by atoms with E-state index in [1.807, 2.05) is 0 Å². The number of rotatable bonds is 4. The van der Waals surface area contributed by atoms with Gasteiger partial charge in [-0.25, -0.2) is 0 Å². The molecule has 2 aliphatic carbocycles. The third-order valence-electron chi connectivity index (χ3n) is 5.37. The molecular formula is C20H30O. The first-order valence-corrected chi connectivity index (χ1v) is 8.93. The largest absolute Gasteiger partial charge is 0.377 e. The Morgan fingerprint density at radius 2 is 1.38 bits per heavy atom. The van der Waals surface area contributed by atoms with Crippen molar-refractivity contribution in [1.29, 1.82) is 0 Å². The standard InChI is InChI=1S/C20H30O/c1-2-3-4-5-12-17-20(21,18-13-8-6-9-14-18)19-15-10-7-11-16-19/h1,18-19,21H,3-11,13-16H2. The van der Waals surface area contributed by atoms with Crippen LogP contribution in [0.25, 0.3) is 0 Å². The zero-order valence-electron chi connectivity index (χ0n) is 13.4. The van der Waals surface area contributed by atoms with Crippen molar-refractivity contribution in [2.75, 3.05) is 0 Å². The lowest BCUT2D eigenvalue weighted by molar-refractivity contribution is -0.0432. The zero-order chi connectivity index (χ0) is 15.0. The Kier molecular flexibility index (Phi) is 6.66. The normalized spacial score (nSPS) is 21.3. The summed E-state index contributed by atoms with van der Waals surface area (Å²) < 4.78 is 0. The minimum atomic E-state index is -0.725. The summed E-state index contributed by atoms with van der Waals surface area (Å²) in [5.41, 5.74) is -0.725. The summed E-state index contributed by atoms with van der Waals surface area (Å²) >= 11 is 0. The summed E-state index contributed by atoms with van der Waals surface area (Å²) in [5, 5.41) is 11.4. The van der Waals surface area contributed by atoms with Crippen molar-refractivity contribution < 1.29 is 5.11 Å². The molecule has 0 spiro atoms. The van der Waals surface area contributed by atoms with Gasteiger partial charge in [0, 0.05) is 12.8 Å². The molecular weight excluding hydrogens is 256 g/mol. The minimum absolute atomic E-state index is 0.398. The molecule has 116 valence electrons. The molecule has 0 bridgehead atoms. The second-order valence-electron chi connectivity index (χ2n) is 6.85. The van der Waals surface area contributed by atoms with Crippen molar-refractivity contribution in [2.24, 2.45) is 11.8 Å². The van der Waals surface area contributed by atoms with Gasteiger partial charge in [0.1, 0.15) is 5.60 Å². The maximum atomic E-state index is 11.4. The van der Waals surface area contributed by atoms with Crippen molar-refractivity contribution in [3.63, 3.8) is 0 Å². The highest BCUT2D eigenvalue weighted by atomic mass is 16.3. The van der Waals surface area contributed by atoms with E-state index in [-0.39, 0.29) is 0 Å². The molecule has 0 atom stereocenters. The predicted molar refractivity (Wildman–Crippen MR) is 88.6 cm³/mol. The van der Waals surface area contributed by atoms with Crippen molar-refractivity contribution >= 4 is 0 Å². The van der Waals surface area contributed by atoms with Gasteiger partial charge in [0.25, 0.3) is 0 Å². The van der Waals surface area contributed by atoms with Gasteiger partial charge in [-0.05, 0) is 43.9 Å². The Balaban J connectivity index is 2.06. The van der Waals surface area contributed by atoms with Crippen molar-refractivity contribution in [3.8, 4) is 24.2 Å². The Hall–Kier alpha value is -0.920. The molecule has 1 N–H and O–H groups in total. The smallest absolute Gasteiger partial charge is 0.131 e. The van der Waals surface area contributed by atoms with Crippen LogP contribution in [0.15, 0.2) is 0 Å². The third-order valence-corrected chi connectivity index (χ3v) is 5.37. The van der Waals surface area contributed by atoms with E-state index in [1.165, 1.54) is 38.5 Å². The van der Waals surface area contributed by atoms with Gasteiger partial charge in [0.15, 0.2) is 0 Å². The van der Waals surface area contributed by atoms with E-state index in [0.29, 0.717) is 11.8 Å². The average Bonchev–Trinajstić information content (AvgIpc) is 2.56. The molecule has 0 unspecified atom stereocenters. The molecule has 0 heterocycles. The lowest BCUT2D eigenvalue weighted by atomic mass is 9.66. The van der Waals surface area contributed by atoms with Crippen LogP contribution < -0.4 is 0 Å². The number of hydrogen-bond donors (Lipinski definition) is 1. The van der Waals surface area contributed by atoms with Crippen LogP contribution >= 0.6 is 0 Å². The highest BCUT2D eigenvalue weighted by Gasteiger charge is 2.42. The minimum Gasteiger partial charge on any atom is -0.377 e. The summed E-state index contributed by atoms with van der Waals surface area (Å²) in [7, 11) is 0. The lowest BCUT2D eigenvalue weighted by Gasteiger charge is -2.42. The van der Waals surface area contributed by atoms with Crippen molar-refractivity contribution in [3.05, 3.63) is 0 Å². The van der Waals surface area contributed by atoms with Crippen LogP contribution in [0.4, 0.5) is 0 Å². The quantitative estimate of drug-likeness (QED) is 0.587. The molecule has 2 fully saturated rings. The molecule has 0 radical (unpaired) electrons. The molecule has 0 amide bonds. The van der Waals surface area contributed by atoms with Crippen LogP contribution in [0, 0.1) is 36.0 Å². The number of aliphatic hydroxyl groups is 1. The highest BCUT2D eigenvalue weighted by Crippen LogP contribution is 2.42. The fraction of sp³-hybridized carbons (Fsp3) is 0.800. The van der Waals surface area contributed by atoms with Crippen LogP contribution in [-0.4, -0.2) is 10.7 Å². The summed E-state index contributed by atoms with van der Waals surface area (Å²) in [6, 6.07) is 0. The Labute approximate surface area is 130 Å². The maximum Gasteiger partial charge on any atom is 0.131 e. The van der Waals surface area contributed by atoms with Gasteiger partial charge in [0.05, 0.1) is 0 Å². The fourth-order valence-corrected chi connectivity index (χ4v) is 4.11. The van der Waals surface area contributed by atoms with Gasteiger partial charge in [-0.1, -0.05) is 44.4 Å². The molecule has 0 aromatic rings. The van der Waals surface area contributed by atoms with Gasteiger partial charge in [-0.2, -0.15) is 0 Å². The van der Waals surface area contributed by atoms with E-state index in [2.05, 4.69) is 17.8 Å². The third kappa shape index (κ3) is 4.52. The van der Waals surface area contributed by atoms with Gasteiger partial charge in [-0.3, -0.25) is 0 Å². The van der Waals surface area contributed by atoms with Gasteiger partial charge < -0.3 is 5.11 Å². The van der Waals surface area contributed by atoms with E-state index < -0.39 is 5.60 Å². The lowest BCUT2D eigenvalue weighted by Crippen LogP contribution is -2.45. The summed E-state index contributed by atoms with van der Waals surface area (Å²) in [6.07, 6.45) is 20.2. The molecule has 0 aliphatic heterocycles. The fourth-order valence-electron chi connectivity index (χ4n) is 4.11. The molecule has 0 aromatic carbocycles. The molecule has 2 rings (SSSR count). The molecule has 21 heavy (non-hydrogen) atoms. The van der Waals surface area contributed by atoms with Crippen LogP contribution in [0.3, 0.4) is 0 Å². The second kappa shape index (κ2) is 8.51. The molecule has 0 saturated heterocycles. The van der Waals surface area contributed by atoms with Gasteiger partial charge in [-0.15, -0.1) is 18.3 Å². The molecule has 0 aromatic heterocycles. The van der Waals surface area contributed by atoms with Crippen LogP contribution in [0.5, 0.6) is 0 Å². The number of terminal acetylenes is 1. The average molecular weight is 286 g/mol. The maximum absolute atomic E-state index is 11.4. The van der Waals surface area contributed by atoms with Crippen LogP contribution in [0.1, 0.15) is 83.5 Å². The van der Waals surface area contributed by atoms with Crippen molar-refractivity contribution in [2.45, 2.75) is 89.1 Å². The monoisotopic (exact) mass is 286 g/mol. The Morgan fingerprint density at radius 3 is 1.86 bits per heavy atom. The number of hydrogen-bond acceptors (Lipinski definition) is 1. The first-order valence-electron chi connectivity index (χ1n) is 8.93. The van der Waals surface area contributed by atoms with Gasteiger partial charge in [0.2, 0.25) is 0 Å². The Morgan fingerprint density at radius 1 is 0.857 bits per heavy atom. The van der Waals surface area contributed by atoms with Crippen LogP contribution in [-0.2, 0) is 0 Å². The summed E-state index contributed by atoms with van der Waals surface area (Å²) in [4.78, 5) is 0. The SMILES string of the molecule is C#CCCCC#CC(O)(C1CCCCC1)C1CCCCC1. The van der Waals surface area contributed by atoms with E-state index in [0.717, 1.165) is 44.9 Å². The van der Waals surface area contributed by atoms with E-state index in [4.69, 9.17) is 6.42 Å². The first-order chi connectivity index (χ1) is 10.3. The van der Waals surface area contributed by atoms with Crippen LogP contribution in [0.2, 0.25) is 0 Å². The summed E-state index contributed by atoms with van der Waals surface area (Å²) in [6.45, 7) is 0. The first kappa shape index (κ1) is 16.5. The molecule has 1 heteroatoms. The zero-order valence-corrected chi connectivity index (χ0v) is 13.4. The molecule has 2 saturated carbocycles. The molecule has 1 nitrogen and oxygen atoms in total. The second-order valence-corrected chi connectivity index (χ2v) is 6.85. The van der Waals surface area contributed by atoms with Gasteiger partial charge >= 0.3 is 0 Å². The summed E-state index contributed by atoms with van der Waals surface area (Å²) in [5.74, 6) is 10.0. The topological polar surface area (TPSA) is 20.2 Å². The molecule has 2 aliphatic rings. The van der Waals surface area contributed by atoms with E-state index >= 15 is 0 Å². The predicted octanol–water partition coefficient (Wildman–Crippen LogP) is 4.69. The highest BCUT2D eigenvalue weighted by molar-refractivity contribution is 5.19. The van der Waals surface area contributed by atoms with E-state index in [9.17, 15) is 5.11 Å².